The van der Waals surface area contributed by atoms with E-state index in [9.17, 15) is 9.18 Å². The summed E-state index contributed by atoms with van der Waals surface area (Å²) in [7, 11) is 0. The molecule has 1 N–H and O–H groups in total. The normalized spacial score (nSPS) is 10.1. The van der Waals surface area contributed by atoms with Crippen LogP contribution >= 0.6 is 15.9 Å². The highest BCUT2D eigenvalue weighted by Crippen LogP contribution is 2.27. The maximum absolute atomic E-state index is 13.4. The highest BCUT2D eigenvalue weighted by atomic mass is 79.9. The zero-order valence-electron chi connectivity index (χ0n) is 8.80. The SMILES string of the molecule is O=C(O)c1ccnnc1Oc1cc(Br)ccc1F. The fourth-order valence-electron chi connectivity index (χ4n) is 1.22. The highest BCUT2D eigenvalue weighted by molar-refractivity contribution is 9.10. The molecule has 1 heterocycles. The molecule has 0 aliphatic heterocycles. The molecule has 0 aliphatic carbocycles. The zero-order chi connectivity index (χ0) is 13.1. The molecule has 0 saturated carbocycles. The van der Waals surface area contributed by atoms with Crippen molar-refractivity contribution < 1.29 is 19.0 Å². The molecule has 0 radical (unpaired) electrons. The first-order chi connectivity index (χ1) is 8.58. The van der Waals surface area contributed by atoms with Crippen LogP contribution in [0.3, 0.4) is 0 Å². The van der Waals surface area contributed by atoms with Gasteiger partial charge in [0, 0.05) is 4.47 Å². The molecule has 0 saturated heterocycles. The van der Waals surface area contributed by atoms with Gasteiger partial charge in [-0.2, -0.15) is 5.10 Å². The van der Waals surface area contributed by atoms with E-state index in [1.165, 1.54) is 30.5 Å². The molecule has 18 heavy (non-hydrogen) atoms. The number of benzene rings is 1. The van der Waals surface area contributed by atoms with Crippen LogP contribution in [0.1, 0.15) is 10.4 Å². The third-order valence-corrected chi connectivity index (χ3v) is 2.51. The quantitative estimate of drug-likeness (QED) is 0.943. The predicted octanol–water partition coefficient (Wildman–Crippen LogP) is 2.87. The molecule has 0 amide bonds. The second-order valence-corrected chi connectivity index (χ2v) is 4.15. The third-order valence-electron chi connectivity index (χ3n) is 2.02. The van der Waals surface area contributed by atoms with Crippen LogP contribution in [0.25, 0.3) is 0 Å². The molecule has 5 nitrogen and oxygen atoms in total. The van der Waals surface area contributed by atoms with Crippen LogP contribution in [0.4, 0.5) is 4.39 Å². The van der Waals surface area contributed by atoms with Gasteiger partial charge in [0.25, 0.3) is 5.88 Å². The largest absolute Gasteiger partial charge is 0.477 e. The smallest absolute Gasteiger partial charge is 0.341 e. The second kappa shape index (κ2) is 5.09. The van der Waals surface area contributed by atoms with Crippen molar-refractivity contribution in [2.24, 2.45) is 0 Å². The van der Waals surface area contributed by atoms with Crippen molar-refractivity contribution >= 4 is 21.9 Å². The van der Waals surface area contributed by atoms with Gasteiger partial charge in [0.05, 0.1) is 6.20 Å². The highest BCUT2D eigenvalue weighted by Gasteiger charge is 2.15. The minimum Gasteiger partial charge on any atom is -0.477 e. The second-order valence-electron chi connectivity index (χ2n) is 3.23. The summed E-state index contributed by atoms with van der Waals surface area (Å²) in [6, 6.07) is 5.28. The van der Waals surface area contributed by atoms with E-state index in [4.69, 9.17) is 9.84 Å². The molecule has 2 rings (SSSR count). The Bertz CT molecular complexity index is 607. The van der Waals surface area contributed by atoms with Crippen molar-refractivity contribution in [1.29, 1.82) is 0 Å². The van der Waals surface area contributed by atoms with E-state index in [-0.39, 0.29) is 17.2 Å². The van der Waals surface area contributed by atoms with Crippen LogP contribution in [0.5, 0.6) is 11.6 Å². The number of carbonyl (C=O) groups is 1. The van der Waals surface area contributed by atoms with Crippen LogP contribution in [0.15, 0.2) is 34.9 Å². The number of ether oxygens (including phenoxy) is 1. The molecular weight excluding hydrogens is 307 g/mol. The Labute approximate surface area is 109 Å². The van der Waals surface area contributed by atoms with Crippen LogP contribution in [-0.2, 0) is 0 Å². The molecule has 0 unspecified atom stereocenters. The Morgan fingerprint density at radius 2 is 2.17 bits per heavy atom. The molecule has 7 heteroatoms. The molecule has 0 bridgehead atoms. The van der Waals surface area contributed by atoms with Gasteiger partial charge in [-0.3, -0.25) is 0 Å². The zero-order valence-corrected chi connectivity index (χ0v) is 10.4. The van der Waals surface area contributed by atoms with E-state index >= 15 is 0 Å². The first-order valence-electron chi connectivity index (χ1n) is 4.76. The Balaban J connectivity index is 2.40. The molecule has 2 aromatic rings. The van der Waals surface area contributed by atoms with Crippen molar-refractivity contribution in [3.8, 4) is 11.6 Å². The fraction of sp³-hybridized carbons (Fsp3) is 0. The Hall–Kier alpha value is -2.02. The summed E-state index contributed by atoms with van der Waals surface area (Å²) in [5, 5.41) is 16.0. The van der Waals surface area contributed by atoms with Crippen molar-refractivity contribution in [3.63, 3.8) is 0 Å². The van der Waals surface area contributed by atoms with Crippen molar-refractivity contribution in [2.45, 2.75) is 0 Å². The van der Waals surface area contributed by atoms with Crippen molar-refractivity contribution in [1.82, 2.24) is 10.2 Å². The predicted molar refractivity (Wildman–Crippen MR) is 63.2 cm³/mol. The van der Waals surface area contributed by atoms with E-state index in [1.54, 1.807) is 0 Å². The van der Waals surface area contributed by atoms with Gasteiger partial charge in [-0.25, -0.2) is 9.18 Å². The van der Waals surface area contributed by atoms with Crippen LogP contribution in [-0.4, -0.2) is 21.3 Å². The number of halogens is 2. The van der Waals surface area contributed by atoms with Gasteiger partial charge in [-0.1, -0.05) is 15.9 Å². The topological polar surface area (TPSA) is 72.3 Å². The minimum atomic E-state index is -1.23. The summed E-state index contributed by atoms with van der Waals surface area (Å²) in [6.07, 6.45) is 1.22. The molecule has 0 aliphatic rings. The summed E-state index contributed by atoms with van der Waals surface area (Å²) in [6.45, 7) is 0. The molecule has 1 aromatic carbocycles. The lowest BCUT2D eigenvalue weighted by atomic mass is 10.3. The van der Waals surface area contributed by atoms with Gasteiger partial charge in [0.15, 0.2) is 11.6 Å². The van der Waals surface area contributed by atoms with Crippen molar-refractivity contribution in [2.75, 3.05) is 0 Å². The molecule has 1 aromatic heterocycles. The van der Waals surface area contributed by atoms with Gasteiger partial charge < -0.3 is 9.84 Å². The standard InChI is InChI=1S/C11H6BrFN2O3/c12-6-1-2-8(13)9(5-6)18-10-7(11(16)17)3-4-14-15-10/h1-5H,(H,16,17). The van der Waals surface area contributed by atoms with Crippen LogP contribution in [0.2, 0.25) is 0 Å². The number of carboxylic acids is 1. The number of aromatic carboxylic acids is 1. The van der Waals surface area contributed by atoms with Crippen LogP contribution in [0, 0.1) is 5.82 Å². The monoisotopic (exact) mass is 312 g/mol. The molecule has 92 valence electrons. The van der Waals surface area contributed by atoms with Gasteiger partial charge in [0.2, 0.25) is 0 Å². The van der Waals surface area contributed by atoms with E-state index in [1.807, 2.05) is 0 Å². The Kier molecular flexibility index (Phi) is 3.52. The Morgan fingerprint density at radius 1 is 1.39 bits per heavy atom. The van der Waals surface area contributed by atoms with E-state index < -0.39 is 11.8 Å². The summed E-state index contributed by atoms with van der Waals surface area (Å²) >= 11 is 3.16. The summed E-state index contributed by atoms with van der Waals surface area (Å²) in [5.41, 5.74) is -0.190. The molecular formula is C11H6BrFN2O3. The van der Waals surface area contributed by atoms with Gasteiger partial charge in [-0.05, 0) is 24.3 Å². The number of aromatic nitrogens is 2. The lowest BCUT2D eigenvalue weighted by Crippen LogP contribution is -2.03. The van der Waals surface area contributed by atoms with E-state index in [0.29, 0.717) is 4.47 Å². The third kappa shape index (κ3) is 2.62. The molecule has 0 spiro atoms. The fourth-order valence-corrected chi connectivity index (χ4v) is 1.56. The van der Waals surface area contributed by atoms with Gasteiger partial charge in [-0.15, -0.1) is 5.10 Å². The molecule has 0 atom stereocenters. The number of rotatable bonds is 3. The summed E-state index contributed by atoms with van der Waals surface area (Å²) < 4.78 is 19.2. The van der Waals surface area contributed by atoms with E-state index in [0.717, 1.165) is 0 Å². The number of hydrogen-bond acceptors (Lipinski definition) is 4. The maximum Gasteiger partial charge on any atom is 0.341 e. The lowest BCUT2D eigenvalue weighted by Gasteiger charge is -2.07. The average Bonchev–Trinajstić information content (AvgIpc) is 2.34. The van der Waals surface area contributed by atoms with E-state index in [2.05, 4.69) is 26.1 Å². The summed E-state index contributed by atoms with van der Waals surface area (Å²) in [4.78, 5) is 10.9. The number of hydrogen-bond donors (Lipinski definition) is 1. The van der Waals surface area contributed by atoms with Gasteiger partial charge in [0.1, 0.15) is 5.56 Å². The summed E-state index contributed by atoms with van der Waals surface area (Å²) in [5.74, 6) is -2.25. The first-order valence-corrected chi connectivity index (χ1v) is 5.55. The minimum absolute atomic E-state index is 0.132. The maximum atomic E-state index is 13.4. The average molecular weight is 313 g/mol. The van der Waals surface area contributed by atoms with Crippen LogP contribution < -0.4 is 4.74 Å². The number of nitrogens with zero attached hydrogens (tertiary/aromatic N) is 2. The lowest BCUT2D eigenvalue weighted by molar-refractivity contribution is 0.0693. The first kappa shape index (κ1) is 12.4. The Morgan fingerprint density at radius 3 is 2.89 bits per heavy atom. The molecule has 0 fully saturated rings. The number of carboxylic acid groups (broad SMARTS) is 1. The van der Waals surface area contributed by atoms with Crippen molar-refractivity contribution in [3.05, 3.63) is 46.3 Å². The van der Waals surface area contributed by atoms with Gasteiger partial charge >= 0.3 is 5.97 Å².